The maximum atomic E-state index is 5.35. The van der Waals surface area contributed by atoms with E-state index in [0.29, 0.717) is 0 Å². The maximum Gasteiger partial charge on any atom is 0.0794 e. The van der Waals surface area contributed by atoms with E-state index >= 15 is 0 Å². The van der Waals surface area contributed by atoms with Crippen LogP contribution in [0.1, 0.15) is 25.0 Å². The second-order valence-corrected chi connectivity index (χ2v) is 14.2. The molecule has 7 aromatic carbocycles. The summed E-state index contributed by atoms with van der Waals surface area (Å²) in [5.74, 6) is 0. The average molecular weight is 604 g/mol. The molecule has 9 aromatic rings. The zero-order valence-electron chi connectivity index (χ0n) is 25.6. The van der Waals surface area contributed by atoms with Gasteiger partial charge in [0.1, 0.15) is 0 Å². The molecule has 10 rings (SSSR count). The highest BCUT2D eigenvalue weighted by molar-refractivity contribution is 7.26. The van der Waals surface area contributed by atoms with Crippen LogP contribution in [0.15, 0.2) is 140 Å². The van der Waals surface area contributed by atoms with Gasteiger partial charge in [0.25, 0.3) is 0 Å². The van der Waals surface area contributed by atoms with E-state index in [2.05, 4.69) is 153 Å². The van der Waals surface area contributed by atoms with Crippen molar-refractivity contribution in [3.8, 4) is 33.5 Å². The van der Waals surface area contributed by atoms with Gasteiger partial charge in [0.15, 0.2) is 0 Å². The van der Waals surface area contributed by atoms with E-state index in [1.807, 2.05) is 11.3 Å². The van der Waals surface area contributed by atoms with Crippen LogP contribution in [0, 0.1) is 0 Å². The smallest absolute Gasteiger partial charge is 0.0794 e. The fourth-order valence-corrected chi connectivity index (χ4v) is 9.20. The summed E-state index contributed by atoms with van der Waals surface area (Å²) in [7, 11) is 0. The number of pyridine rings is 1. The molecule has 0 fully saturated rings. The van der Waals surface area contributed by atoms with Crippen molar-refractivity contribution in [2.75, 3.05) is 0 Å². The maximum absolute atomic E-state index is 5.35. The van der Waals surface area contributed by atoms with E-state index in [0.717, 1.165) is 16.8 Å². The number of rotatable bonds is 2. The minimum atomic E-state index is -0.134. The number of thiophene rings is 1. The molecule has 2 heteroatoms. The van der Waals surface area contributed by atoms with Gasteiger partial charge in [-0.25, -0.2) is 4.98 Å². The number of hydrogen-bond acceptors (Lipinski definition) is 2. The van der Waals surface area contributed by atoms with Crippen molar-refractivity contribution >= 4 is 64.0 Å². The summed E-state index contributed by atoms with van der Waals surface area (Å²) in [4.78, 5) is 5.35. The van der Waals surface area contributed by atoms with Crippen molar-refractivity contribution in [3.05, 3.63) is 151 Å². The zero-order chi connectivity index (χ0) is 30.6. The molecular formula is C44H29NS. The van der Waals surface area contributed by atoms with Crippen LogP contribution < -0.4 is 0 Å². The minimum Gasteiger partial charge on any atom is -0.247 e. The Balaban J connectivity index is 1.11. The van der Waals surface area contributed by atoms with Crippen LogP contribution in [-0.2, 0) is 5.41 Å². The Bertz CT molecular complexity index is 2690. The standard InChI is InChI=1S/C44H29NS/c1-44(2)38-24-26(28-15-9-16-37-34-13-7-8-17-41(34)46-43(28)37)18-20-32(38)33-21-19-27(25-39(33)44)40-23-22-36-31-12-4-3-10-29(31)30-11-5-6-14-35(30)42(36)45-40/h3-25H,1-2H3. The summed E-state index contributed by atoms with van der Waals surface area (Å²) in [5.41, 5.74) is 11.1. The molecule has 0 spiro atoms. The van der Waals surface area contributed by atoms with Crippen molar-refractivity contribution in [2.45, 2.75) is 19.3 Å². The lowest BCUT2D eigenvalue weighted by atomic mass is 9.81. The van der Waals surface area contributed by atoms with Gasteiger partial charge >= 0.3 is 0 Å². The van der Waals surface area contributed by atoms with Crippen molar-refractivity contribution in [3.63, 3.8) is 0 Å². The monoisotopic (exact) mass is 603 g/mol. The molecule has 2 aromatic heterocycles. The number of fused-ring (bicyclic) bond motifs is 12. The molecular weight excluding hydrogens is 575 g/mol. The first-order valence-electron chi connectivity index (χ1n) is 16.0. The van der Waals surface area contributed by atoms with Crippen LogP contribution in [0.5, 0.6) is 0 Å². The van der Waals surface area contributed by atoms with Gasteiger partial charge in [-0.05, 0) is 79.9 Å². The van der Waals surface area contributed by atoms with Gasteiger partial charge in [-0.15, -0.1) is 11.3 Å². The molecule has 46 heavy (non-hydrogen) atoms. The Labute approximate surface area is 271 Å². The summed E-state index contributed by atoms with van der Waals surface area (Å²) in [6, 6.07) is 51.4. The van der Waals surface area contributed by atoms with Crippen LogP contribution in [0.4, 0.5) is 0 Å². The number of hydrogen-bond donors (Lipinski definition) is 0. The van der Waals surface area contributed by atoms with Gasteiger partial charge in [0.2, 0.25) is 0 Å². The van der Waals surface area contributed by atoms with Crippen LogP contribution in [-0.4, -0.2) is 4.98 Å². The molecule has 0 N–H and O–H groups in total. The third-order valence-corrected chi connectivity index (χ3v) is 11.5. The third kappa shape index (κ3) is 3.53. The van der Waals surface area contributed by atoms with Gasteiger partial charge in [-0.3, -0.25) is 0 Å². The molecule has 0 atom stereocenters. The molecule has 1 nitrogen and oxygen atoms in total. The van der Waals surface area contributed by atoms with Crippen LogP contribution in [0.25, 0.3) is 86.1 Å². The fraction of sp³-hybridized carbons (Fsp3) is 0.0682. The summed E-state index contributed by atoms with van der Waals surface area (Å²) in [6.07, 6.45) is 0. The molecule has 0 radical (unpaired) electrons. The van der Waals surface area contributed by atoms with Gasteiger partial charge < -0.3 is 0 Å². The van der Waals surface area contributed by atoms with Gasteiger partial charge in [-0.1, -0.05) is 123 Å². The summed E-state index contributed by atoms with van der Waals surface area (Å²) >= 11 is 1.90. The Kier molecular flexibility index (Phi) is 5.28. The highest BCUT2D eigenvalue weighted by atomic mass is 32.1. The average Bonchev–Trinajstić information content (AvgIpc) is 3.60. The second kappa shape index (κ2) is 9.36. The quantitative estimate of drug-likeness (QED) is 0.179. The first kappa shape index (κ1) is 26.0. The largest absolute Gasteiger partial charge is 0.247 e. The zero-order valence-corrected chi connectivity index (χ0v) is 26.5. The third-order valence-electron chi connectivity index (χ3n) is 10.3. The van der Waals surface area contributed by atoms with E-state index in [4.69, 9.17) is 4.98 Å². The molecule has 0 saturated carbocycles. The number of aromatic nitrogens is 1. The molecule has 0 aliphatic heterocycles. The molecule has 0 saturated heterocycles. The minimum absolute atomic E-state index is 0.134. The lowest BCUT2D eigenvalue weighted by Gasteiger charge is -2.22. The Morgan fingerprint density at radius 3 is 1.76 bits per heavy atom. The highest BCUT2D eigenvalue weighted by Crippen LogP contribution is 2.51. The van der Waals surface area contributed by atoms with Crippen molar-refractivity contribution in [2.24, 2.45) is 0 Å². The highest BCUT2D eigenvalue weighted by Gasteiger charge is 2.36. The molecule has 2 heterocycles. The Morgan fingerprint density at radius 2 is 1.02 bits per heavy atom. The summed E-state index contributed by atoms with van der Waals surface area (Å²) < 4.78 is 2.71. The normalized spacial score (nSPS) is 13.6. The van der Waals surface area contributed by atoms with Crippen molar-refractivity contribution < 1.29 is 0 Å². The molecule has 0 amide bonds. The van der Waals surface area contributed by atoms with Gasteiger partial charge in [0.05, 0.1) is 11.2 Å². The first-order chi connectivity index (χ1) is 22.6. The van der Waals surface area contributed by atoms with Crippen molar-refractivity contribution in [1.82, 2.24) is 4.98 Å². The van der Waals surface area contributed by atoms with Gasteiger partial charge in [-0.2, -0.15) is 0 Å². The van der Waals surface area contributed by atoms with E-state index in [1.165, 1.54) is 80.5 Å². The predicted octanol–water partition coefficient (Wildman–Crippen LogP) is 12.5. The molecule has 1 aliphatic carbocycles. The van der Waals surface area contributed by atoms with E-state index < -0.39 is 0 Å². The Hall–Kier alpha value is -5.31. The molecule has 1 aliphatic rings. The molecule has 0 unspecified atom stereocenters. The lowest BCUT2D eigenvalue weighted by Crippen LogP contribution is -2.15. The van der Waals surface area contributed by atoms with Gasteiger partial charge in [0, 0.05) is 41.9 Å². The summed E-state index contributed by atoms with van der Waals surface area (Å²) in [6.45, 7) is 4.75. The molecule has 216 valence electrons. The number of nitrogens with zero attached hydrogens (tertiary/aromatic N) is 1. The predicted molar refractivity (Wildman–Crippen MR) is 198 cm³/mol. The summed E-state index contributed by atoms with van der Waals surface area (Å²) in [5, 5.41) is 8.87. The van der Waals surface area contributed by atoms with E-state index in [-0.39, 0.29) is 5.41 Å². The number of benzene rings is 7. The van der Waals surface area contributed by atoms with Crippen molar-refractivity contribution in [1.29, 1.82) is 0 Å². The van der Waals surface area contributed by atoms with E-state index in [1.54, 1.807) is 0 Å². The topological polar surface area (TPSA) is 12.9 Å². The van der Waals surface area contributed by atoms with Crippen LogP contribution in [0.2, 0.25) is 0 Å². The fourth-order valence-electron chi connectivity index (χ4n) is 7.96. The SMILES string of the molecule is CC1(C)c2cc(-c3ccc4c5ccccc5c5ccccc5c4n3)ccc2-c2ccc(-c3cccc4c3sc3ccccc34)cc21. The lowest BCUT2D eigenvalue weighted by molar-refractivity contribution is 0.661. The van der Waals surface area contributed by atoms with E-state index in [9.17, 15) is 0 Å². The van der Waals surface area contributed by atoms with Crippen LogP contribution >= 0.6 is 11.3 Å². The molecule has 0 bridgehead atoms. The first-order valence-corrected chi connectivity index (χ1v) is 16.8. The van der Waals surface area contributed by atoms with Crippen LogP contribution in [0.3, 0.4) is 0 Å². The second-order valence-electron chi connectivity index (χ2n) is 13.1. The Morgan fingerprint density at radius 1 is 0.457 bits per heavy atom.